The number of nitrogens with two attached hydrogens (primary N) is 1. The molecule has 4 nitrogen and oxygen atoms in total. The molecule has 0 spiro atoms. The topological polar surface area (TPSA) is 72.5 Å². The summed E-state index contributed by atoms with van der Waals surface area (Å²) >= 11 is 0. The minimum absolute atomic E-state index is 0.385. The summed E-state index contributed by atoms with van der Waals surface area (Å²) < 4.78 is 4.58. The average molecular weight is 259 g/mol. The first kappa shape index (κ1) is 17.2. The molecule has 108 valence electrons. The molecule has 1 saturated carbocycles. The molecule has 0 unspecified atom stereocenters. The van der Waals surface area contributed by atoms with E-state index in [0.717, 1.165) is 12.3 Å². The van der Waals surface area contributed by atoms with Gasteiger partial charge in [-0.3, -0.25) is 0 Å². The Morgan fingerprint density at radius 3 is 2.17 bits per heavy atom. The minimum Gasteiger partial charge on any atom is -0.444 e. The summed E-state index contributed by atoms with van der Waals surface area (Å²) in [6.45, 7) is 5.67. The van der Waals surface area contributed by atoms with Gasteiger partial charge in [0.1, 0.15) is 5.60 Å². The fraction of sp³-hybridized carbons (Fsp3) is 0.929. The Balaban J connectivity index is 0.000000331. The SMILES string of the molecule is CC(C)(C)OC(N)=O.OCCCC1CCCCC1. The first-order valence-corrected chi connectivity index (χ1v) is 6.94. The van der Waals surface area contributed by atoms with Crippen molar-refractivity contribution < 1.29 is 14.6 Å². The third-order valence-corrected chi connectivity index (χ3v) is 2.90. The molecule has 0 aromatic carbocycles. The van der Waals surface area contributed by atoms with E-state index in [1.807, 2.05) is 0 Å². The zero-order valence-corrected chi connectivity index (χ0v) is 12.1. The number of amides is 1. The number of aliphatic hydroxyl groups excluding tert-OH is 1. The van der Waals surface area contributed by atoms with Gasteiger partial charge >= 0.3 is 6.09 Å². The van der Waals surface area contributed by atoms with Gasteiger partial charge in [-0.15, -0.1) is 0 Å². The smallest absolute Gasteiger partial charge is 0.405 e. The van der Waals surface area contributed by atoms with Gasteiger partial charge in [0.25, 0.3) is 0 Å². The molecular formula is C14H29NO3. The van der Waals surface area contributed by atoms with Crippen molar-refractivity contribution in [2.45, 2.75) is 71.3 Å². The summed E-state index contributed by atoms with van der Waals surface area (Å²) in [5.41, 5.74) is 4.26. The zero-order valence-electron chi connectivity index (χ0n) is 12.1. The van der Waals surface area contributed by atoms with Gasteiger partial charge < -0.3 is 15.6 Å². The molecule has 1 aliphatic rings. The van der Waals surface area contributed by atoms with E-state index in [1.54, 1.807) is 20.8 Å². The lowest BCUT2D eigenvalue weighted by molar-refractivity contribution is 0.0600. The molecule has 1 amide bonds. The Bertz CT molecular complexity index is 218. The first-order chi connectivity index (χ1) is 8.35. The number of aliphatic hydroxyl groups is 1. The molecule has 18 heavy (non-hydrogen) atoms. The van der Waals surface area contributed by atoms with Crippen LogP contribution < -0.4 is 5.73 Å². The number of hydrogen-bond donors (Lipinski definition) is 2. The molecule has 1 rings (SSSR count). The lowest BCUT2D eigenvalue weighted by Gasteiger charge is -2.20. The molecule has 0 aromatic heterocycles. The van der Waals surface area contributed by atoms with E-state index in [2.05, 4.69) is 4.74 Å². The summed E-state index contributed by atoms with van der Waals surface area (Å²) in [4.78, 5) is 10.0. The highest BCUT2D eigenvalue weighted by Crippen LogP contribution is 2.26. The van der Waals surface area contributed by atoms with Crippen LogP contribution in [0.3, 0.4) is 0 Å². The van der Waals surface area contributed by atoms with Gasteiger partial charge in [-0.05, 0) is 39.5 Å². The Hall–Kier alpha value is -0.770. The molecule has 1 fully saturated rings. The predicted octanol–water partition coefficient (Wildman–Crippen LogP) is 3.22. The second-order valence-electron chi connectivity index (χ2n) is 5.90. The van der Waals surface area contributed by atoms with E-state index in [-0.39, 0.29) is 0 Å². The molecule has 4 heteroatoms. The van der Waals surface area contributed by atoms with Crippen molar-refractivity contribution in [1.82, 2.24) is 0 Å². The van der Waals surface area contributed by atoms with Gasteiger partial charge in [0.2, 0.25) is 0 Å². The van der Waals surface area contributed by atoms with Gasteiger partial charge in [-0.1, -0.05) is 32.1 Å². The van der Waals surface area contributed by atoms with Crippen LogP contribution in [0.4, 0.5) is 4.79 Å². The van der Waals surface area contributed by atoms with Crippen molar-refractivity contribution in [3.63, 3.8) is 0 Å². The van der Waals surface area contributed by atoms with Crippen LogP contribution in [0.25, 0.3) is 0 Å². The van der Waals surface area contributed by atoms with Crippen molar-refractivity contribution in [2.24, 2.45) is 11.7 Å². The summed E-state index contributed by atoms with van der Waals surface area (Å²) in [6.07, 6.45) is 8.68. The van der Waals surface area contributed by atoms with E-state index in [1.165, 1.54) is 38.5 Å². The van der Waals surface area contributed by atoms with Crippen molar-refractivity contribution in [1.29, 1.82) is 0 Å². The van der Waals surface area contributed by atoms with E-state index in [4.69, 9.17) is 10.8 Å². The van der Waals surface area contributed by atoms with Crippen LogP contribution in [0.15, 0.2) is 0 Å². The number of hydrogen-bond acceptors (Lipinski definition) is 3. The second-order valence-corrected chi connectivity index (χ2v) is 5.90. The first-order valence-electron chi connectivity index (χ1n) is 6.94. The molecule has 0 radical (unpaired) electrons. The summed E-state index contributed by atoms with van der Waals surface area (Å²) in [6, 6.07) is 0. The Kier molecular flexibility index (Phi) is 8.81. The molecular weight excluding hydrogens is 230 g/mol. The van der Waals surface area contributed by atoms with Gasteiger partial charge in [-0.2, -0.15) is 0 Å². The zero-order chi connectivity index (χ0) is 14.0. The fourth-order valence-corrected chi connectivity index (χ4v) is 2.16. The molecule has 0 aromatic rings. The predicted molar refractivity (Wildman–Crippen MR) is 73.3 cm³/mol. The molecule has 1 aliphatic carbocycles. The summed E-state index contributed by atoms with van der Waals surface area (Å²) in [7, 11) is 0. The monoisotopic (exact) mass is 259 g/mol. The van der Waals surface area contributed by atoms with Crippen LogP contribution >= 0.6 is 0 Å². The van der Waals surface area contributed by atoms with Crippen LogP contribution in [-0.2, 0) is 4.74 Å². The maximum absolute atomic E-state index is 10.0. The van der Waals surface area contributed by atoms with Crippen molar-refractivity contribution in [3.8, 4) is 0 Å². The number of ether oxygens (including phenoxy) is 1. The second kappa shape index (κ2) is 9.20. The van der Waals surface area contributed by atoms with Crippen molar-refractivity contribution in [3.05, 3.63) is 0 Å². The van der Waals surface area contributed by atoms with Crippen LogP contribution in [0.5, 0.6) is 0 Å². The molecule has 3 N–H and O–H groups in total. The average Bonchev–Trinajstić information content (AvgIpc) is 2.25. The van der Waals surface area contributed by atoms with Crippen molar-refractivity contribution >= 4 is 6.09 Å². The third-order valence-electron chi connectivity index (χ3n) is 2.90. The van der Waals surface area contributed by atoms with Crippen LogP contribution in [0.2, 0.25) is 0 Å². The van der Waals surface area contributed by atoms with Crippen LogP contribution in [-0.4, -0.2) is 23.4 Å². The van der Waals surface area contributed by atoms with Gasteiger partial charge in [-0.25, -0.2) is 4.79 Å². The highest BCUT2D eigenvalue weighted by molar-refractivity contribution is 5.65. The quantitative estimate of drug-likeness (QED) is 0.817. The van der Waals surface area contributed by atoms with Crippen molar-refractivity contribution in [2.75, 3.05) is 6.61 Å². The van der Waals surface area contributed by atoms with Crippen LogP contribution in [0, 0.1) is 5.92 Å². The van der Waals surface area contributed by atoms with E-state index in [0.29, 0.717) is 6.61 Å². The van der Waals surface area contributed by atoms with Gasteiger partial charge in [0.15, 0.2) is 0 Å². The Morgan fingerprint density at radius 2 is 1.83 bits per heavy atom. The summed E-state index contributed by atoms with van der Waals surface area (Å²) in [5.74, 6) is 0.945. The Labute approximate surface area is 111 Å². The minimum atomic E-state index is -0.725. The van der Waals surface area contributed by atoms with Gasteiger partial charge in [0, 0.05) is 6.61 Å². The van der Waals surface area contributed by atoms with E-state index < -0.39 is 11.7 Å². The maximum atomic E-state index is 10.0. The third kappa shape index (κ3) is 11.7. The molecule has 0 aliphatic heterocycles. The number of rotatable bonds is 3. The molecule has 0 saturated heterocycles. The number of primary amides is 1. The van der Waals surface area contributed by atoms with Crippen LogP contribution in [0.1, 0.15) is 65.7 Å². The Morgan fingerprint density at radius 1 is 1.28 bits per heavy atom. The maximum Gasteiger partial charge on any atom is 0.405 e. The van der Waals surface area contributed by atoms with E-state index in [9.17, 15) is 4.79 Å². The molecule has 0 atom stereocenters. The standard InChI is InChI=1S/C9H18O.C5H11NO2/c10-8-4-7-9-5-2-1-3-6-9;1-5(2,3)8-4(6)7/h9-10H,1-8H2;1-3H3,(H2,6,7). The largest absolute Gasteiger partial charge is 0.444 e. The van der Waals surface area contributed by atoms with Gasteiger partial charge in [0.05, 0.1) is 0 Å². The highest BCUT2D eigenvalue weighted by atomic mass is 16.6. The lowest BCUT2D eigenvalue weighted by Crippen LogP contribution is -2.27. The highest BCUT2D eigenvalue weighted by Gasteiger charge is 2.12. The van der Waals surface area contributed by atoms with E-state index >= 15 is 0 Å². The summed E-state index contributed by atoms with van der Waals surface area (Å²) in [5, 5.41) is 8.60. The fourth-order valence-electron chi connectivity index (χ4n) is 2.16. The normalized spacial score (nSPS) is 16.7. The molecule has 0 bridgehead atoms. The molecule has 0 heterocycles. The number of carbonyl (C=O) groups excluding carboxylic acids is 1. The lowest BCUT2D eigenvalue weighted by atomic mass is 9.86. The number of carbonyl (C=O) groups is 1.